The molecular formula is C44H85NO8. The predicted octanol–water partition coefficient (Wildman–Crippen LogP) is 10.2. The van der Waals surface area contributed by atoms with Crippen molar-refractivity contribution in [2.24, 2.45) is 29.6 Å². The second-order valence-corrected chi connectivity index (χ2v) is 16.6. The highest BCUT2D eigenvalue weighted by molar-refractivity contribution is 5.70. The van der Waals surface area contributed by atoms with Crippen LogP contribution in [0, 0.1) is 29.6 Å². The van der Waals surface area contributed by atoms with Crippen molar-refractivity contribution in [2.75, 3.05) is 60.3 Å². The summed E-state index contributed by atoms with van der Waals surface area (Å²) in [5, 5.41) is 0. The smallest absolute Gasteiger partial charge is 0.307 e. The van der Waals surface area contributed by atoms with Crippen molar-refractivity contribution in [1.29, 1.82) is 0 Å². The van der Waals surface area contributed by atoms with Crippen molar-refractivity contribution in [3.63, 3.8) is 0 Å². The Morgan fingerprint density at radius 1 is 0.509 bits per heavy atom. The quantitative estimate of drug-likeness (QED) is 0.0348. The molecule has 0 radical (unpaired) electrons. The predicted molar refractivity (Wildman–Crippen MR) is 217 cm³/mol. The zero-order valence-corrected chi connectivity index (χ0v) is 36.1. The molecule has 0 N–H and O–H groups in total. The van der Waals surface area contributed by atoms with Crippen LogP contribution in [-0.4, -0.2) is 89.2 Å². The maximum Gasteiger partial charge on any atom is 0.307 e. The Balaban J connectivity index is 4.24. The van der Waals surface area contributed by atoms with Gasteiger partial charge in [-0.1, -0.05) is 93.4 Å². The van der Waals surface area contributed by atoms with Gasteiger partial charge in [-0.05, 0) is 101 Å². The summed E-state index contributed by atoms with van der Waals surface area (Å²) >= 11 is 0. The lowest BCUT2D eigenvalue weighted by Crippen LogP contribution is -2.28. The third-order valence-electron chi connectivity index (χ3n) is 10.2. The standard InChI is InChI=1S/C44H85NO8/c1-10-11-21-39(37(4)5)22-19-32-51-43(47)25-16-14-17-30-49-34-41(35-53-44(48)28-29-45(8)9)50-31-18-13-12-15-24-42(46)52-33-20-23-40(38(6)7)27-26-36(2)3/h36-41H,10-35H2,1-9H3. The van der Waals surface area contributed by atoms with Gasteiger partial charge >= 0.3 is 17.9 Å². The minimum absolute atomic E-state index is 0.0962. The van der Waals surface area contributed by atoms with Gasteiger partial charge in [0.1, 0.15) is 12.7 Å². The molecule has 3 unspecified atom stereocenters. The van der Waals surface area contributed by atoms with Crippen LogP contribution in [0.25, 0.3) is 0 Å². The highest BCUT2D eigenvalue weighted by Crippen LogP contribution is 2.25. The minimum atomic E-state index is -0.332. The van der Waals surface area contributed by atoms with Gasteiger partial charge in [-0.3, -0.25) is 14.4 Å². The van der Waals surface area contributed by atoms with Crippen LogP contribution in [-0.2, 0) is 38.1 Å². The lowest BCUT2D eigenvalue weighted by Gasteiger charge is -2.21. The molecule has 0 aromatic heterocycles. The first-order valence-electron chi connectivity index (χ1n) is 21.7. The van der Waals surface area contributed by atoms with Gasteiger partial charge in [0.25, 0.3) is 0 Å². The second kappa shape index (κ2) is 34.8. The molecule has 0 aromatic rings. The van der Waals surface area contributed by atoms with Crippen LogP contribution in [0.3, 0.4) is 0 Å². The van der Waals surface area contributed by atoms with Crippen molar-refractivity contribution < 1.29 is 38.1 Å². The van der Waals surface area contributed by atoms with Crippen molar-refractivity contribution in [3.05, 3.63) is 0 Å². The number of unbranched alkanes of at least 4 members (excludes halogenated alkanes) is 6. The second-order valence-electron chi connectivity index (χ2n) is 16.6. The first-order valence-corrected chi connectivity index (χ1v) is 21.7. The summed E-state index contributed by atoms with van der Waals surface area (Å²) in [5.74, 6) is 3.03. The molecule has 0 aromatic carbocycles. The van der Waals surface area contributed by atoms with E-state index in [4.69, 9.17) is 23.7 Å². The van der Waals surface area contributed by atoms with Crippen LogP contribution in [0.1, 0.15) is 170 Å². The van der Waals surface area contributed by atoms with Crippen molar-refractivity contribution in [3.8, 4) is 0 Å². The number of carbonyl (C=O) groups excluding carboxylic acids is 3. The summed E-state index contributed by atoms with van der Waals surface area (Å²) in [6.45, 7) is 19.2. The van der Waals surface area contributed by atoms with Gasteiger partial charge < -0.3 is 28.6 Å². The Hall–Kier alpha value is -1.71. The average molecular weight is 756 g/mol. The Morgan fingerprint density at radius 3 is 1.57 bits per heavy atom. The van der Waals surface area contributed by atoms with Crippen molar-refractivity contribution in [1.82, 2.24) is 4.90 Å². The summed E-state index contributed by atoms with van der Waals surface area (Å²) in [6.07, 6.45) is 17.4. The van der Waals surface area contributed by atoms with E-state index in [0.717, 1.165) is 76.5 Å². The molecule has 0 fully saturated rings. The summed E-state index contributed by atoms with van der Waals surface area (Å²) in [6, 6.07) is 0. The van der Waals surface area contributed by atoms with E-state index in [-0.39, 0.29) is 30.6 Å². The van der Waals surface area contributed by atoms with Gasteiger partial charge in [0, 0.05) is 32.6 Å². The Bertz CT molecular complexity index is 877. The van der Waals surface area contributed by atoms with Crippen LogP contribution in [0.5, 0.6) is 0 Å². The molecule has 9 heteroatoms. The van der Waals surface area contributed by atoms with Crippen LogP contribution in [0.2, 0.25) is 0 Å². The molecular weight excluding hydrogens is 670 g/mol. The fraction of sp³-hybridized carbons (Fsp3) is 0.932. The molecule has 0 aliphatic carbocycles. The molecule has 0 bridgehead atoms. The third-order valence-corrected chi connectivity index (χ3v) is 10.2. The zero-order valence-electron chi connectivity index (χ0n) is 36.1. The fourth-order valence-corrected chi connectivity index (χ4v) is 6.40. The summed E-state index contributed by atoms with van der Waals surface area (Å²) in [5.41, 5.74) is 0. The van der Waals surface area contributed by atoms with E-state index in [2.05, 4.69) is 48.5 Å². The van der Waals surface area contributed by atoms with E-state index >= 15 is 0 Å². The van der Waals surface area contributed by atoms with E-state index in [1.165, 1.54) is 32.1 Å². The number of esters is 3. The maximum atomic E-state index is 12.2. The summed E-state index contributed by atoms with van der Waals surface area (Å²) in [4.78, 5) is 38.6. The van der Waals surface area contributed by atoms with Crippen LogP contribution in [0.4, 0.5) is 0 Å². The highest BCUT2D eigenvalue weighted by atomic mass is 16.6. The molecule has 9 nitrogen and oxygen atoms in total. The molecule has 0 rings (SSSR count). The summed E-state index contributed by atoms with van der Waals surface area (Å²) in [7, 11) is 3.85. The van der Waals surface area contributed by atoms with Gasteiger partial charge in [-0.15, -0.1) is 0 Å². The van der Waals surface area contributed by atoms with Gasteiger partial charge in [-0.25, -0.2) is 0 Å². The summed E-state index contributed by atoms with van der Waals surface area (Å²) < 4.78 is 28.4. The van der Waals surface area contributed by atoms with E-state index in [0.29, 0.717) is 82.5 Å². The number of ether oxygens (including phenoxy) is 5. The van der Waals surface area contributed by atoms with E-state index in [9.17, 15) is 14.4 Å². The highest BCUT2D eigenvalue weighted by Gasteiger charge is 2.16. The molecule has 0 amide bonds. The van der Waals surface area contributed by atoms with E-state index < -0.39 is 0 Å². The Morgan fingerprint density at radius 2 is 1.02 bits per heavy atom. The number of rotatable bonds is 37. The van der Waals surface area contributed by atoms with Crippen molar-refractivity contribution in [2.45, 2.75) is 177 Å². The van der Waals surface area contributed by atoms with E-state index in [1.807, 2.05) is 19.0 Å². The fourth-order valence-electron chi connectivity index (χ4n) is 6.40. The molecule has 0 aliphatic heterocycles. The Labute approximate surface area is 326 Å². The number of hydrogen-bond acceptors (Lipinski definition) is 9. The lowest BCUT2D eigenvalue weighted by molar-refractivity contribution is -0.150. The molecule has 0 aliphatic rings. The first-order chi connectivity index (χ1) is 25.3. The molecule has 0 spiro atoms. The third kappa shape index (κ3) is 33.4. The molecule has 0 heterocycles. The van der Waals surface area contributed by atoms with E-state index in [1.54, 1.807) is 0 Å². The maximum absolute atomic E-state index is 12.2. The molecule has 0 saturated carbocycles. The monoisotopic (exact) mass is 756 g/mol. The molecule has 0 saturated heterocycles. The molecule has 314 valence electrons. The Kier molecular flexibility index (Phi) is 33.6. The van der Waals surface area contributed by atoms with Crippen LogP contribution >= 0.6 is 0 Å². The number of carbonyl (C=O) groups is 3. The van der Waals surface area contributed by atoms with Gasteiger partial charge in [-0.2, -0.15) is 0 Å². The van der Waals surface area contributed by atoms with Gasteiger partial charge in [0.05, 0.1) is 26.2 Å². The zero-order chi connectivity index (χ0) is 39.7. The largest absolute Gasteiger partial charge is 0.466 e. The first kappa shape index (κ1) is 51.3. The van der Waals surface area contributed by atoms with Gasteiger partial charge in [0.2, 0.25) is 0 Å². The van der Waals surface area contributed by atoms with Crippen LogP contribution in [0.15, 0.2) is 0 Å². The molecule has 3 atom stereocenters. The van der Waals surface area contributed by atoms with Crippen molar-refractivity contribution >= 4 is 17.9 Å². The molecule has 53 heavy (non-hydrogen) atoms. The van der Waals surface area contributed by atoms with Gasteiger partial charge in [0.15, 0.2) is 0 Å². The van der Waals surface area contributed by atoms with Crippen LogP contribution < -0.4 is 0 Å². The number of hydrogen-bond donors (Lipinski definition) is 0. The topological polar surface area (TPSA) is 101 Å². The lowest BCUT2D eigenvalue weighted by atomic mass is 9.85. The number of nitrogens with zero attached hydrogens (tertiary/aromatic N) is 1. The average Bonchev–Trinajstić information content (AvgIpc) is 3.10. The SMILES string of the molecule is CCCCC(CCCOC(=O)CCCCCOCC(COC(=O)CCN(C)C)OCCCCCCC(=O)OCCCC(CCC(C)C)C(C)C)C(C)C. The normalized spacial score (nSPS) is 13.5. The minimum Gasteiger partial charge on any atom is -0.466 e.